The van der Waals surface area contributed by atoms with Gasteiger partial charge in [-0.3, -0.25) is 0 Å². The van der Waals surface area contributed by atoms with Crippen LogP contribution in [-0.2, 0) is 16.3 Å². The van der Waals surface area contributed by atoms with Gasteiger partial charge in [-0.15, -0.1) is 0 Å². The molecule has 0 N–H and O–H groups in total. The molecule has 2 rings (SSSR count). The van der Waals surface area contributed by atoms with Crippen molar-refractivity contribution in [2.45, 2.75) is 30.4 Å². The summed E-state index contributed by atoms with van der Waals surface area (Å²) in [6, 6.07) is 16.8. The molecule has 1 unspecified atom stereocenters. The summed E-state index contributed by atoms with van der Waals surface area (Å²) >= 11 is 0. The van der Waals surface area contributed by atoms with Crippen LogP contribution in [0.4, 0.5) is 0 Å². The predicted molar refractivity (Wildman–Crippen MR) is 78.0 cm³/mol. The Labute approximate surface area is 115 Å². The van der Waals surface area contributed by atoms with E-state index in [-0.39, 0.29) is 0 Å². The van der Waals surface area contributed by atoms with Crippen molar-refractivity contribution in [2.75, 3.05) is 0 Å². The second-order valence-electron chi connectivity index (χ2n) is 4.86. The maximum atomic E-state index is 12.4. The highest BCUT2D eigenvalue weighted by atomic mass is 32.2. The molecular formula is C16H18O2S. The molecule has 2 nitrogen and oxygen atoms in total. The van der Waals surface area contributed by atoms with Gasteiger partial charge in [0.15, 0.2) is 9.84 Å². The Hall–Kier alpha value is -1.61. The van der Waals surface area contributed by atoms with E-state index in [0.717, 1.165) is 11.1 Å². The molecular weight excluding hydrogens is 256 g/mol. The lowest BCUT2D eigenvalue weighted by molar-refractivity contribution is 0.582. The number of rotatable bonds is 4. The van der Waals surface area contributed by atoms with Crippen LogP contribution in [0.15, 0.2) is 59.5 Å². The lowest BCUT2D eigenvalue weighted by Crippen LogP contribution is -2.20. The minimum absolute atomic E-state index is 0.404. The van der Waals surface area contributed by atoms with E-state index in [9.17, 15) is 8.42 Å². The van der Waals surface area contributed by atoms with Crippen LogP contribution in [0.25, 0.3) is 0 Å². The van der Waals surface area contributed by atoms with Crippen LogP contribution >= 0.6 is 0 Å². The van der Waals surface area contributed by atoms with Crippen LogP contribution in [0.1, 0.15) is 18.1 Å². The Morgan fingerprint density at radius 2 is 1.53 bits per heavy atom. The molecule has 0 aliphatic heterocycles. The normalized spacial score (nSPS) is 13.2. The second kappa shape index (κ2) is 5.57. The van der Waals surface area contributed by atoms with Crippen LogP contribution in [0.2, 0.25) is 0 Å². The highest BCUT2D eigenvalue weighted by Gasteiger charge is 2.23. The summed E-state index contributed by atoms with van der Waals surface area (Å²) in [6.07, 6.45) is 0.539. The summed E-state index contributed by atoms with van der Waals surface area (Å²) in [5.41, 5.74) is 2.11. The van der Waals surface area contributed by atoms with Crippen LogP contribution in [-0.4, -0.2) is 13.7 Å². The average molecular weight is 274 g/mol. The predicted octanol–water partition coefficient (Wildman–Crippen LogP) is 3.40. The van der Waals surface area contributed by atoms with E-state index in [0.29, 0.717) is 11.3 Å². The average Bonchev–Trinajstić information content (AvgIpc) is 2.40. The minimum Gasteiger partial charge on any atom is -0.223 e. The maximum Gasteiger partial charge on any atom is 0.181 e. The fourth-order valence-corrected chi connectivity index (χ4v) is 3.41. The van der Waals surface area contributed by atoms with Gasteiger partial charge in [0.2, 0.25) is 0 Å². The van der Waals surface area contributed by atoms with E-state index in [1.54, 1.807) is 19.1 Å². The topological polar surface area (TPSA) is 34.1 Å². The Bertz CT molecular complexity index is 628. The van der Waals surface area contributed by atoms with Crippen molar-refractivity contribution < 1.29 is 8.42 Å². The highest BCUT2D eigenvalue weighted by Crippen LogP contribution is 2.19. The molecule has 0 radical (unpaired) electrons. The lowest BCUT2D eigenvalue weighted by atomic mass is 10.1. The van der Waals surface area contributed by atoms with Crippen LogP contribution in [0.3, 0.4) is 0 Å². The van der Waals surface area contributed by atoms with Crippen molar-refractivity contribution in [1.29, 1.82) is 0 Å². The van der Waals surface area contributed by atoms with E-state index >= 15 is 0 Å². The van der Waals surface area contributed by atoms with E-state index in [1.807, 2.05) is 49.4 Å². The third-order valence-electron chi connectivity index (χ3n) is 3.25. The summed E-state index contributed by atoms with van der Waals surface area (Å²) in [7, 11) is -3.25. The van der Waals surface area contributed by atoms with Gasteiger partial charge in [0, 0.05) is 0 Å². The van der Waals surface area contributed by atoms with Gasteiger partial charge in [-0.1, -0.05) is 48.0 Å². The van der Waals surface area contributed by atoms with Crippen LogP contribution in [0.5, 0.6) is 0 Å². The van der Waals surface area contributed by atoms with Gasteiger partial charge < -0.3 is 0 Å². The summed E-state index contributed by atoms with van der Waals surface area (Å²) in [5, 5.41) is -0.419. The monoisotopic (exact) mass is 274 g/mol. The molecule has 0 aliphatic carbocycles. The summed E-state index contributed by atoms with van der Waals surface area (Å²) in [6.45, 7) is 3.71. The Kier molecular flexibility index (Phi) is 4.05. The first kappa shape index (κ1) is 13.8. The fourth-order valence-electron chi connectivity index (χ4n) is 2.02. The van der Waals surface area contributed by atoms with E-state index < -0.39 is 15.1 Å². The van der Waals surface area contributed by atoms with Gasteiger partial charge in [0.1, 0.15) is 0 Å². The third kappa shape index (κ3) is 3.24. The molecule has 2 aromatic rings. The first-order chi connectivity index (χ1) is 9.00. The molecule has 100 valence electrons. The molecule has 0 amide bonds. The zero-order chi connectivity index (χ0) is 13.9. The van der Waals surface area contributed by atoms with E-state index in [4.69, 9.17) is 0 Å². The van der Waals surface area contributed by atoms with E-state index in [1.165, 1.54) is 0 Å². The van der Waals surface area contributed by atoms with Gasteiger partial charge >= 0.3 is 0 Å². The van der Waals surface area contributed by atoms with Gasteiger partial charge in [0.05, 0.1) is 10.1 Å². The molecule has 2 aromatic carbocycles. The summed E-state index contributed by atoms with van der Waals surface area (Å²) < 4.78 is 24.9. The Balaban J connectivity index is 2.22. The van der Waals surface area contributed by atoms with E-state index in [2.05, 4.69) is 0 Å². The fraction of sp³-hybridized carbons (Fsp3) is 0.250. The highest BCUT2D eigenvalue weighted by molar-refractivity contribution is 7.92. The molecule has 3 heteroatoms. The maximum absolute atomic E-state index is 12.4. The zero-order valence-corrected chi connectivity index (χ0v) is 12.0. The molecule has 0 aliphatic rings. The van der Waals surface area contributed by atoms with Gasteiger partial charge in [-0.25, -0.2) is 8.42 Å². The van der Waals surface area contributed by atoms with Crippen molar-refractivity contribution in [1.82, 2.24) is 0 Å². The standard InChI is InChI=1S/C16H18O2S/c1-13-8-10-16(11-9-13)19(17,18)14(2)12-15-6-4-3-5-7-15/h3-11,14H,12H2,1-2H3. The van der Waals surface area contributed by atoms with Crippen LogP contribution < -0.4 is 0 Å². The first-order valence-corrected chi connectivity index (χ1v) is 7.89. The smallest absolute Gasteiger partial charge is 0.181 e. The second-order valence-corrected chi connectivity index (χ2v) is 7.22. The molecule has 0 heterocycles. The van der Waals surface area contributed by atoms with Crippen molar-refractivity contribution in [3.05, 3.63) is 65.7 Å². The van der Waals surface area contributed by atoms with Crippen molar-refractivity contribution in [2.24, 2.45) is 0 Å². The summed E-state index contributed by atoms with van der Waals surface area (Å²) in [4.78, 5) is 0.404. The van der Waals surface area contributed by atoms with Crippen molar-refractivity contribution >= 4 is 9.84 Å². The molecule has 0 spiro atoms. The Morgan fingerprint density at radius 1 is 0.947 bits per heavy atom. The third-order valence-corrected chi connectivity index (χ3v) is 5.40. The zero-order valence-electron chi connectivity index (χ0n) is 11.2. The molecule has 0 fully saturated rings. The number of hydrogen-bond donors (Lipinski definition) is 0. The SMILES string of the molecule is Cc1ccc(S(=O)(=O)C(C)Cc2ccccc2)cc1. The lowest BCUT2D eigenvalue weighted by Gasteiger charge is -2.13. The number of hydrogen-bond acceptors (Lipinski definition) is 2. The van der Waals surface area contributed by atoms with Crippen molar-refractivity contribution in [3.8, 4) is 0 Å². The minimum atomic E-state index is -3.25. The van der Waals surface area contributed by atoms with Gasteiger partial charge in [-0.05, 0) is 38.0 Å². The van der Waals surface area contributed by atoms with Crippen LogP contribution in [0, 0.1) is 6.92 Å². The molecule has 0 saturated carbocycles. The first-order valence-electron chi connectivity index (χ1n) is 6.34. The summed E-state index contributed by atoms with van der Waals surface area (Å²) in [5.74, 6) is 0. The molecule has 0 saturated heterocycles. The molecule has 1 atom stereocenters. The van der Waals surface area contributed by atoms with Gasteiger partial charge in [0.25, 0.3) is 0 Å². The van der Waals surface area contributed by atoms with Crippen molar-refractivity contribution in [3.63, 3.8) is 0 Å². The molecule has 19 heavy (non-hydrogen) atoms. The van der Waals surface area contributed by atoms with Gasteiger partial charge in [-0.2, -0.15) is 0 Å². The Morgan fingerprint density at radius 3 is 2.11 bits per heavy atom. The number of sulfone groups is 1. The number of benzene rings is 2. The number of aryl methyl sites for hydroxylation is 1. The molecule has 0 aromatic heterocycles. The molecule has 0 bridgehead atoms. The largest absolute Gasteiger partial charge is 0.223 e. The quantitative estimate of drug-likeness (QED) is 0.856.